The molecule has 0 bridgehead atoms. The molecule has 0 spiro atoms. The number of unbranched alkanes of at least 4 members (excludes halogenated alkanes) is 3. The SMILES string of the molecule is O=C(CCCCCCc1ccccc1)NCCO[C@H]1O[C@H](CO)[C@H](O)[C@H](O)[C@H]1O. The van der Waals surface area contributed by atoms with Crippen LogP contribution < -0.4 is 5.32 Å². The van der Waals surface area contributed by atoms with Crippen LogP contribution in [0.1, 0.15) is 37.7 Å². The number of aliphatic hydroxyl groups is 4. The minimum atomic E-state index is -1.47. The van der Waals surface area contributed by atoms with Gasteiger partial charge in [-0.2, -0.15) is 0 Å². The molecule has 1 aliphatic heterocycles. The number of carbonyl (C=O) groups is 1. The Kier molecular flexibility index (Phi) is 10.5. The summed E-state index contributed by atoms with van der Waals surface area (Å²) in [5.41, 5.74) is 1.34. The van der Waals surface area contributed by atoms with E-state index in [2.05, 4.69) is 17.4 Å². The number of rotatable bonds is 12. The average molecular weight is 411 g/mol. The van der Waals surface area contributed by atoms with Crippen LogP contribution in [0.25, 0.3) is 0 Å². The molecule has 0 aromatic heterocycles. The van der Waals surface area contributed by atoms with Crippen LogP contribution >= 0.6 is 0 Å². The zero-order valence-electron chi connectivity index (χ0n) is 16.7. The maximum atomic E-state index is 11.9. The molecule has 0 radical (unpaired) electrons. The van der Waals surface area contributed by atoms with Crippen LogP contribution in [0, 0.1) is 0 Å². The quantitative estimate of drug-likeness (QED) is 0.309. The highest BCUT2D eigenvalue weighted by Crippen LogP contribution is 2.21. The number of benzene rings is 1. The maximum absolute atomic E-state index is 11.9. The van der Waals surface area contributed by atoms with Crippen molar-refractivity contribution in [1.82, 2.24) is 5.32 Å². The Bertz CT molecular complexity index is 584. The largest absolute Gasteiger partial charge is 0.394 e. The van der Waals surface area contributed by atoms with E-state index in [4.69, 9.17) is 14.6 Å². The van der Waals surface area contributed by atoms with Crippen molar-refractivity contribution < 1.29 is 34.7 Å². The van der Waals surface area contributed by atoms with E-state index in [9.17, 15) is 20.1 Å². The topological polar surface area (TPSA) is 128 Å². The summed E-state index contributed by atoms with van der Waals surface area (Å²) in [4.78, 5) is 11.9. The van der Waals surface area contributed by atoms with E-state index in [1.165, 1.54) is 5.56 Å². The summed E-state index contributed by atoms with van der Waals surface area (Å²) in [7, 11) is 0. The molecule has 1 aromatic rings. The van der Waals surface area contributed by atoms with Gasteiger partial charge in [0.2, 0.25) is 5.91 Å². The van der Waals surface area contributed by atoms with Crippen LogP contribution in [0.3, 0.4) is 0 Å². The molecule has 164 valence electrons. The van der Waals surface area contributed by atoms with Gasteiger partial charge >= 0.3 is 0 Å². The zero-order valence-corrected chi connectivity index (χ0v) is 16.7. The van der Waals surface area contributed by atoms with E-state index in [0.29, 0.717) is 6.42 Å². The van der Waals surface area contributed by atoms with Crippen LogP contribution in [0.5, 0.6) is 0 Å². The highest BCUT2D eigenvalue weighted by molar-refractivity contribution is 5.75. The second kappa shape index (κ2) is 12.9. The third kappa shape index (κ3) is 8.00. The third-order valence-corrected chi connectivity index (χ3v) is 5.02. The van der Waals surface area contributed by atoms with Gasteiger partial charge < -0.3 is 35.2 Å². The molecule has 8 nitrogen and oxygen atoms in total. The molecule has 0 saturated carbocycles. The second-order valence-corrected chi connectivity index (χ2v) is 7.32. The smallest absolute Gasteiger partial charge is 0.220 e. The Labute approximate surface area is 171 Å². The summed E-state index contributed by atoms with van der Waals surface area (Å²) in [6.07, 6.45) is -0.962. The van der Waals surface area contributed by atoms with Crippen molar-refractivity contribution in [3.63, 3.8) is 0 Å². The summed E-state index contributed by atoms with van der Waals surface area (Å²) in [6.45, 7) is -0.194. The number of nitrogens with one attached hydrogen (secondary N) is 1. The Morgan fingerprint density at radius 2 is 1.72 bits per heavy atom. The number of hydrogen-bond acceptors (Lipinski definition) is 7. The monoisotopic (exact) mass is 411 g/mol. The van der Waals surface area contributed by atoms with Crippen molar-refractivity contribution in [3.05, 3.63) is 35.9 Å². The summed E-state index contributed by atoms with van der Waals surface area (Å²) in [5.74, 6) is -0.0644. The minimum Gasteiger partial charge on any atom is -0.394 e. The van der Waals surface area contributed by atoms with Crippen molar-refractivity contribution in [2.45, 2.75) is 69.2 Å². The fourth-order valence-electron chi connectivity index (χ4n) is 3.27. The van der Waals surface area contributed by atoms with E-state index in [0.717, 1.165) is 32.1 Å². The molecule has 1 heterocycles. The summed E-state index contributed by atoms with van der Waals surface area (Å²) in [5, 5.41) is 41.1. The highest BCUT2D eigenvalue weighted by Gasteiger charge is 2.43. The number of aliphatic hydroxyl groups excluding tert-OH is 4. The van der Waals surface area contributed by atoms with Crippen molar-refractivity contribution in [2.75, 3.05) is 19.8 Å². The Balaban J connectivity index is 1.50. The van der Waals surface area contributed by atoms with E-state index in [1.54, 1.807) is 0 Å². The first-order chi connectivity index (χ1) is 14.0. The molecule has 2 rings (SSSR count). The van der Waals surface area contributed by atoms with Gasteiger partial charge in [-0.1, -0.05) is 43.2 Å². The van der Waals surface area contributed by atoms with E-state index < -0.39 is 37.3 Å². The molecule has 0 unspecified atom stereocenters. The van der Waals surface area contributed by atoms with Crippen molar-refractivity contribution in [1.29, 1.82) is 0 Å². The normalized spacial score (nSPS) is 27.0. The highest BCUT2D eigenvalue weighted by atomic mass is 16.7. The van der Waals surface area contributed by atoms with Crippen LogP contribution in [-0.2, 0) is 20.7 Å². The first kappa shape index (κ1) is 23.7. The van der Waals surface area contributed by atoms with Gasteiger partial charge in [0.05, 0.1) is 13.2 Å². The van der Waals surface area contributed by atoms with Crippen LogP contribution in [0.15, 0.2) is 30.3 Å². The van der Waals surface area contributed by atoms with Gasteiger partial charge in [-0.3, -0.25) is 4.79 Å². The third-order valence-electron chi connectivity index (χ3n) is 5.02. The Hall–Kier alpha value is -1.55. The number of amides is 1. The van der Waals surface area contributed by atoms with Crippen molar-refractivity contribution in [2.24, 2.45) is 0 Å². The number of hydrogen-bond donors (Lipinski definition) is 5. The fraction of sp³-hybridized carbons (Fsp3) is 0.667. The molecule has 1 fully saturated rings. The molecule has 0 aliphatic carbocycles. The van der Waals surface area contributed by atoms with E-state index in [-0.39, 0.29) is 19.1 Å². The summed E-state index contributed by atoms with van der Waals surface area (Å²) < 4.78 is 10.6. The van der Waals surface area contributed by atoms with Gasteiger partial charge in [0, 0.05) is 13.0 Å². The van der Waals surface area contributed by atoms with Crippen molar-refractivity contribution >= 4 is 5.91 Å². The average Bonchev–Trinajstić information content (AvgIpc) is 2.74. The van der Waals surface area contributed by atoms with Crippen LogP contribution in [0.4, 0.5) is 0 Å². The lowest BCUT2D eigenvalue weighted by Gasteiger charge is -2.39. The molecule has 8 heteroatoms. The van der Waals surface area contributed by atoms with Gasteiger partial charge in [-0.15, -0.1) is 0 Å². The molecular formula is C21H33NO7. The number of aryl methyl sites for hydroxylation is 1. The molecule has 1 saturated heterocycles. The molecule has 1 amide bonds. The Morgan fingerprint density at radius 3 is 2.45 bits per heavy atom. The molecule has 1 aromatic carbocycles. The van der Waals surface area contributed by atoms with E-state index in [1.807, 2.05) is 18.2 Å². The molecule has 29 heavy (non-hydrogen) atoms. The lowest BCUT2D eigenvalue weighted by Crippen LogP contribution is -2.59. The van der Waals surface area contributed by atoms with Gasteiger partial charge in [0.1, 0.15) is 24.4 Å². The van der Waals surface area contributed by atoms with Crippen molar-refractivity contribution in [3.8, 4) is 0 Å². The predicted molar refractivity (Wildman–Crippen MR) is 106 cm³/mol. The first-order valence-corrected chi connectivity index (χ1v) is 10.3. The van der Waals surface area contributed by atoms with Gasteiger partial charge in [-0.05, 0) is 24.8 Å². The molecule has 5 N–H and O–H groups in total. The standard InChI is InChI=1S/C21H33NO7/c23-14-16-18(25)19(26)20(27)21(29-16)28-13-12-22-17(24)11-7-2-1-4-8-15-9-5-3-6-10-15/h3,5-6,9-10,16,18-21,23,25-27H,1-2,4,7-8,11-14H2,(H,22,24)/t16-,18+,19+,20-,21+/m1/s1. The van der Waals surface area contributed by atoms with Gasteiger partial charge in [0.25, 0.3) is 0 Å². The molecule has 1 aliphatic rings. The second-order valence-electron chi connectivity index (χ2n) is 7.32. The van der Waals surface area contributed by atoms with Crippen LogP contribution in [-0.4, -0.2) is 76.8 Å². The molecule has 5 atom stereocenters. The zero-order chi connectivity index (χ0) is 21.1. The van der Waals surface area contributed by atoms with Gasteiger partial charge in [-0.25, -0.2) is 0 Å². The summed E-state index contributed by atoms with van der Waals surface area (Å²) in [6, 6.07) is 10.3. The minimum absolute atomic E-state index is 0.0644. The molecular weight excluding hydrogens is 378 g/mol. The summed E-state index contributed by atoms with van der Waals surface area (Å²) >= 11 is 0. The van der Waals surface area contributed by atoms with Gasteiger partial charge in [0.15, 0.2) is 6.29 Å². The Morgan fingerprint density at radius 1 is 1.00 bits per heavy atom. The first-order valence-electron chi connectivity index (χ1n) is 10.3. The van der Waals surface area contributed by atoms with Crippen LogP contribution in [0.2, 0.25) is 0 Å². The maximum Gasteiger partial charge on any atom is 0.220 e. The number of carbonyl (C=O) groups excluding carboxylic acids is 1. The lowest BCUT2D eigenvalue weighted by atomic mass is 9.99. The fourth-order valence-corrected chi connectivity index (χ4v) is 3.27. The number of ether oxygens (including phenoxy) is 2. The lowest BCUT2D eigenvalue weighted by molar-refractivity contribution is -0.300. The predicted octanol–water partition coefficient (Wildman–Crippen LogP) is 0.112. The van der Waals surface area contributed by atoms with E-state index >= 15 is 0 Å².